The fourth-order valence-corrected chi connectivity index (χ4v) is 3.90. The molecule has 0 saturated carbocycles. The lowest BCUT2D eigenvalue weighted by molar-refractivity contribution is -0.392. The molecule has 0 amide bonds. The number of sulfonamides is 1. The molecule has 3 heterocycles. The highest BCUT2D eigenvalue weighted by atomic mass is 32.2. The molecule has 10 nitrogen and oxygen atoms in total. The molecule has 0 fully saturated rings. The number of hydrogen-bond acceptors (Lipinski definition) is 6. The zero-order valence-corrected chi connectivity index (χ0v) is 15.1. The van der Waals surface area contributed by atoms with Crippen LogP contribution in [0.15, 0.2) is 35.6 Å². The van der Waals surface area contributed by atoms with Gasteiger partial charge < -0.3 is 14.7 Å². The third-order valence-electron chi connectivity index (χ3n) is 4.00. The van der Waals surface area contributed by atoms with E-state index in [1.807, 2.05) is 29.9 Å². The number of fused-ring (bicyclic) bond motifs is 1. The molecule has 0 radical (unpaired) electrons. The highest BCUT2D eigenvalue weighted by Crippen LogP contribution is 2.22. The summed E-state index contributed by atoms with van der Waals surface area (Å²) in [5, 5.41) is 15.7. The number of aromatic nitrogens is 4. The zero-order valence-electron chi connectivity index (χ0n) is 14.3. The molecule has 3 aromatic rings. The van der Waals surface area contributed by atoms with Crippen molar-refractivity contribution in [2.24, 2.45) is 7.05 Å². The number of pyridine rings is 1. The van der Waals surface area contributed by atoms with Gasteiger partial charge in [0.05, 0.1) is 17.8 Å². The average molecular weight is 378 g/mol. The van der Waals surface area contributed by atoms with E-state index in [4.69, 9.17) is 0 Å². The van der Waals surface area contributed by atoms with Gasteiger partial charge in [0, 0.05) is 31.4 Å². The normalized spacial score (nSPS) is 11.9. The minimum Gasteiger partial charge on any atom is -0.358 e. The third-order valence-corrected chi connectivity index (χ3v) is 5.45. The van der Waals surface area contributed by atoms with E-state index in [0.29, 0.717) is 13.0 Å². The van der Waals surface area contributed by atoms with Crippen molar-refractivity contribution in [3.05, 3.63) is 46.4 Å². The third kappa shape index (κ3) is 3.30. The highest BCUT2D eigenvalue weighted by molar-refractivity contribution is 7.89. The van der Waals surface area contributed by atoms with Gasteiger partial charge in [-0.1, -0.05) is 0 Å². The summed E-state index contributed by atoms with van der Waals surface area (Å²) in [5.41, 5.74) is 1.75. The summed E-state index contributed by atoms with van der Waals surface area (Å²) in [5.74, 6) is -0.672. The van der Waals surface area contributed by atoms with Crippen LogP contribution in [0.25, 0.3) is 11.0 Å². The first kappa shape index (κ1) is 18.0. The van der Waals surface area contributed by atoms with Crippen LogP contribution in [0.4, 0.5) is 5.82 Å². The van der Waals surface area contributed by atoms with Gasteiger partial charge >= 0.3 is 5.82 Å². The Labute approximate surface area is 149 Å². The standard InChI is InChI=1S/C15H18N6O4S/c1-3-20-10-13(15(18-20)21(22)23)26(24,25)17-8-6-11-9-19(2)14-12(11)5-4-7-16-14/h4-5,7,9-10,17H,3,6,8H2,1-2H3. The first-order chi connectivity index (χ1) is 12.3. The summed E-state index contributed by atoms with van der Waals surface area (Å²) in [6.45, 7) is 2.15. The molecule has 0 aliphatic rings. The van der Waals surface area contributed by atoms with Crippen LogP contribution < -0.4 is 4.72 Å². The first-order valence-corrected chi connectivity index (χ1v) is 9.42. The van der Waals surface area contributed by atoms with Crippen molar-refractivity contribution in [2.45, 2.75) is 24.8 Å². The largest absolute Gasteiger partial charge is 0.410 e. The van der Waals surface area contributed by atoms with E-state index in [0.717, 1.165) is 16.6 Å². The fraction of sp³-hybridized carbons (Fsp3) is 0.333. The topological polar surface area (TPSA) is 125 Å². The van der Waals surface area contributed by atoms with Gasteiger partial charge in [0.2, 0.25) is 4.90 Å². The maximum absolute atomic E-state index is 12.5. The summed E-state index contributed by atoms with van der Waals surface area (Å²) in [7, 11) is -2.17. The summed E-state index contributed by atoms with van der Waals surface area (Å²) < 4.78 is 30.4. The summed E-state index contributed by atoms with van der Waals surface area (Å²) in [4.78, 5) is 14.1. The van der Waals surface area contributed by atoms with Crippen molar-refractivity contribution >= 4 is 26.9 Å². The number of hydrogen-bond donors (Lipinski definition) is 1. The number of nitrogens with one attached hydrogen (secondary N) is 1. The predicted octanol–water partition coefficient (Wildman–Crippen LogP) is 1.22. The van der Waals surface area contributed by atoms with Crippen LogP contribution >= 0.6 is 0 Å². The minimum absolute atomic E-state index is 0.102. The van der Waals surface area contributed by atoms with E-state index in [2.05, 4.69) is 14.8 Å². The van der Waals surface area contributed by atoms with Crippen LogP contribution in [0, 0.1) is 10.1 Å². The lowest BCUT2D eigenvalue weighted by Crippen LogP contribution is -2.26. The second kappa shape index (κ2) is 6.84. The van der Waals surface area contributed by atoms with Crippen LogP contribution in [-0.2, 0) is 30.0 Å². The molecule has 11 heteroatoms. The molecule has 0 unspecified atom stereocenters. The van der Waals surface area contributed by atoms with Crippen LogP contribution in [0.3, 0.4) is 0 Å². The fourth-order valence-electron chi connectivity index (χ4n) is 2.76. The van der Waals surface area contributed by atoms with Crippen molar-refractivity contribution in [3.63, 3.8) is 0 Å². The molecule has 3 aromatic heterocycles. The van der Waals surface area contributed by atoms with Crippen molar-refractivity contribution < 1.29 is 13.3 Å². The van der Waals surface area contributed by atoms with E-state index in [9.17, 15) is 18.5 Å². The van der Waals surface area contributed by atoms with Gasteiger partial charge in [-0.25, -0.2) is 18.1 Å². The van der Waals surface area contributed by atoms with Gasteiger partial charge in [-0.3, -0.25) is 0 Å². The van der Waals surface area contributed by atoms with Crippen molar-refractivity contribution in [1.29, 1.82) is 0 Å². The summed E-state index contributed by atoms with van der Waals surface area (Å²) in [6.07, 6.45) is 5.18. The molecule has 0 aromatic carbocycles. The predicted molar refractivity (Wildman–Crippen MR) is 94.2 cm³/mol. The van der Waals surface area contributed by atoms with Gasteiger partial charge in [0.15, 0.2) is 0 Å². The zero-order chi connectivity index (χ0) is 18.9. The maximum atomic E-state index is 12.5. The Morgan fingerprint density at radius 2 is 2.12 bits per heavy atom. The monoisotopic (exact) mass is 378 g/mol. The van der Waals surface area contributed by atoms with Gasteiger partial charge in [-0.2, -0.15) is 4.68 Å². The molecular formula is C15H18N6O4S. The Balaban J connectivity index is 1.79. The molecule has 3 rings (SSSR count). The second-order valence-corrected chi connectivity index (χ2v) is 7.45. The molecule has 0 bridgehead atoms. The van der Waals surface area contributed by atoms with E-state index >= 15 is 0 Å². The Morgan fingerprint density at radius 1 is 1.35 bits per heavy atom. The number of rotatable bonds is 7. The van der Waals surface area contributed by atoms with E-state index in [1.54, 1.807) is 13.1 Å². The van der Waals surface area contributed by atoms with E-state index in [-0.39, 0.29) is 6.54 Å². The van der Waals surface area contributed by atoms with Gasteiger partial charge in [0.1, 0.15) is 5.65 Å². The first-order valence-electron chi connectivity index (χ1n) is 7.94. The molecule has 26 heavy (non-hydrogen) atoms. The SMILES string of the molecule is CCn1cc(S(=O)(=O)NCCc2cn(C)c3ncccc23)c([N+](=O)[O-])n1. The smallest absolute Gasteiger partial charge is 0.358 e. The quantitative estimate of drug-likeness (QED) is 0.487. The highest BCUT2D eigenvalue weighted by Gasteiger charge is 2.30. The van der Waals surface area contributed by atoms with Crippen molar-refractivity contribution in [1.82, 2.24) is 24.1 Å². The lowest BCUT2D eigenvalue weighted by atomic mass is 10.2. The Kier molecular flexibility index (Phi) is 4.74. The molecule has 1 N–H and O–H groups in total. The van der Waals surface area contributed by atoms with Crippen molar-refractivity contribution in [2.75, 3.05) is 6.54 Å². The number of aryl methyl sites for hydroxylation is 2. The molecule has 0 saturated heterocycles. The molecule has 0 atom stereocenters. The number of nitro groups is 1. The average Bonchev–Trinajstić information content (AvgIpc) is 3.18. The van der Waals surface area contributed by atoms with Crippen LogP contribution in [0.1, 0.15) is 12.5 Å². The van der Waals surface area contributed by atoms with Gasteiger partial charge in [0.25, 0.3) is 10.0 Å². The Morgan fingerprint density at radius 3 is 2.81 bits per heavy atom. The summed E-state index contributed by atoms with van der Waals surface area (Å²) in [6, 6.07) is 3.74. The number of nitrogens with zero attached hydrogens (tertiary/aromatic N) is 5. The molecular weight excluding hydrogens is 360 g/mol. The molecule has 138 valence electrons. The van der Waals surface area contributed by atoms with Crippen LogP contribution in [0.2, 0.25) is 0 Å². The van der Waals surface area contributed by atoms with Gasteiger partial charge in [-0.15, -0.1) is 0 Å². The van der Waals surface area contributed by atoms with E-state index < -0.39 is 25.7 Å². The second-order valence-electron chi connectivity index (χ2n) is 5.72. The van der Waals surface area contributed by atoms with Crippen LogP contribution in [-0.4, -0.2) is 39.2 Å². The van der Waals surface area contributed by atoms with Crippen molar-refractivity contribution in [3.8, 4) is 0 Å². The maximum Gasteiger partial charge on any atom is 0.410 e. The molecule has 0 spiro atoms. The molecule has 0 aliphatic carbocycles. The minimum atomic E-state index is -4.04. The Hall–Kier alpha value is -2.79. The lowest BCUT2D eigenvalue weighted by Gasteiger charge is -2.04. The Bertz CT molecular complexity index is 1070. The van der Waals surface area contributed by atoms with Crippen LogP contribution in [0.5, 0.6) is 0 Å². The van der Waals surface area contributed by atoms with E-state index in [1.165, 1.54) is 10.9 Å². The summed E-state index contributed by atoms with van der Waals surface area (Å²) >= 11 is 0. The van der Waals surface area contributed by atoms with Gasteiger partial charge in [-0.05, 0) is 36.0 Å². The molecule has 0 aliphatic heterocycles.